The third-order valence-corrected chi connectivity index (χ3v) is 4.87. The van der Waals surface area contributed by atoms with Gasteiger partial charge in [0, 0.05) is 6.04 Å². The van der Waals surface area contributed by atoms with Gasteiger partial charge >= 0.3 is 0 Å². The Balaban J connectivity index is 2.26. The van der Waals surface area contributed by atoms with Gasteiger partial charge in [0.25, 0.3) is 0 Å². The molecule has 0 aliphatic carbocycles. The van der Waals surface area contributed by atoms with Crippen molar-refractivity contribution in [2.75, 3.05) is 6.54 Å². The highest BCUT2D eigenvalue weighted by molar-refractivity contribution is 7.05. The quantitative estimate of drug-likeness (QED) is 0.813. The Morgan fingerprint density at radius 1 is 1.24 bits per heavy atom. The summed E-state index contributed by atoms with van der Waals surface area (Å²) in [6.07, 6.45) is 0.842. The molecule has 114 valence electrons. The summed E-state index contributed by atoms with van der Waals surface area (Å²) in [5.74, 6) is 0.369. The molecule has 1 heterocycles. The molecular weight excluding hydrogens is 325 g/mol. The minimum atomic E-state index is 0.199. The molecule has 1 atom stereocenters. The van der Waals surface area contributed by atoms with Crippen molar-refractivity contribution in [2.45, 2.75) is 39.2 Å². The summed E-state index contributed by atoms with van der Waals surface area (Å²) in [6, 6.07) is 5.99. The van der Waals surface area contributed by atoms with Gasteiger partial charge < -0.3 is 5.32 Å². The van der Waals surface area contributed by atoms with E-state index in [0.29, 0.717) is 16.0 Å². The van der Waals surface area contributed by atoms with Crippen LogP contribution in [0.5, 0.6) is 0 Å². The molecule has 2 aromatic rings. The highest BCUT2D eigenvalue weighted by atomic mass is 35.5. The van der Waals surface area contributed by atoms with E-state index in [1.807, 2.05) is 18.2 Å². The lowest BCUT2D eigenvalue weighted by Gasteiger charge is -2.18. The maximum atomic E-state index is 6.11. The second kappa shape index (κ2) is 7.54. The molecule has 0 radical (unpaired) electrons. The van der Waals surface area contributed by atoms with Gasteiger partial charge in [-0.3, -0.25) is 0 Å². The van der Waals surface area contributed by atoms with Gasteiger partial charge in [0.2, 0.25) is 0 Å². The Kier molecular flexibility index (Phi) is 5.99. The van der Waals surface area contributed by atoms with Gasteiger partial charge in [-0.25, -0.2) is 0 Å². The average Bonchev–Trinajstić information content (AvgIpc) is 2.92. The number of hydrogen-bond donors (Lipinski definition) is 1. The molecule has 6 heteroatoms. The third kappa shape index (κ3) is 4.16. The number of halogens is 2. The molecule has 3 nitrogen and oxygen atoms in total. The Morgan fingerprint density at radius 2 is 2.00 bits per heavy atom. The SMILES string of the molecule is CCNC(Cc1ccc(Cl)c(Cl)c1)c1snnc1C(C)C. The number of hydrogen-bond acceptors (Lipinski definition) is 4. The van der Waals surface area contributed by atoms with Gasteiger partial charge in [0.05, 0.1) is 20.6 Å². The van der Waals surface area contributed by atoms with Crippen molar-refractivity contribution in [2.24, 2.45) is 0 Å². The van der Waals surface area contributed by atoms with E-state index in [4.69, 9.17) is 23.2 Å². The molecule has 1 N–H and O–H groups in total. The fraction of sp³-hybridized carbons (Fsp3) is 0.467. The first-order chi connectivity index (χ1) is 10.0. The molecule has 2 rings (SSSR count). The van der Waals surface area contributed by atoms with Crippen molar-refractivity contribution in [1.29, 1.82) is 0 Å². The van der Waals surface area contributed by atoms with Gasteiger partial charge in [-0.15, -0.1) is 5.10 Å². The van der Waals surface area contributed by atoms with Crippen molar-refractivity contribution in [3.8, 4) is 0 Å². The zero-order valence-electron chi connectivity index (χ0n) is 12.4. The van der Waals surface area contributed by atoms with Crippen LogP contribution in [-0.2, 0) is 6.42 Å². The topological polar surface area (TPSA) is 37.8 Å². The molecule has 1 aromatic carbocycles. The number of nitrogens with one attached hydrogen (secondary N) is 1. The highest BCUT2D eigenvalue weighted by Gasteiger charge is 2.21. The van der Waals surface area contributed by atoms with Crippen molar-refractivity contribution >= 4 is 34.7 Å². The molecule has 0 saturated heterocycles. The van der Waals surface area contributed by atoms with Crippen molar-refractivity contribution < 1.29 is 0 Å². The van der Waals surface area contributed by atoms with Crippen LogP contribution < -0.4 is 5.32 Å². The first-order valence-electron chi connectivity index (χ1n) is 7.02. The van der Waals surface area contributed by atoms with Crippen LogP contribution >= 0.6 is 34.7 Å². The minimum absolute atomic E-state index is 0.199. The largest absolute Gasteiger partial charge is 0.309 e. The lowest BCUT2D eigenvalue weighted by Crippen LogP contribution is -2.23. The van der Waals surface area contributed by atoms with Crippen LogP contribution in [0.15, 0.2) is 18.2 Å². The van der Waals surface area contributed by atoms with Gasteiger partial charge in [-0.05, 0) is 48.1 Å². The summed E-state index contributed by atoms with van der Waals surface area (Å²) in [7, 11) is 0. The zero-order valence-corrected chi connectivity index (χ0v) is 14.7. The number of nitrogens with zero attached hydrogens (tertiary/aromatic N) is 2. The predicted octanol–water partition coefficient (Wildman–Crippen LogP) is 4.86. The van der Waals surface area contributed by atoms with E-state index >= 15 is 0 Å². The monoisotopic (exact) mass is 343 g/mol. The summed E-state index contributed by atoms with van der Waals surface area (Å²) >= 11 is 13.6. The van der Waals surface area contributed by atoms with E-state index in [-0.39, 0.29) is 6.04 Å². The summed E-state index contributed by atoms with van der Waals surface area (Å²) in [4.78, 5) is 1.21. The zero-order chi connectivity index (χ0) is 15.4. The molecule has 0 saturated carbocycles. The summed E-state index contributed by atoms with van der Waals surface area (Å²) in [5, 5.41) is 8.97. The van der Waals surface area contributed by atoms with Crippen LogP contribution in [0.3, 0.4) is 0 Å². The van der Waals surface area contributed by atoms with Crippen molar-refractivity contribution in [1.82, 2.24) is 14.9 Å². The first kappa shape index (κ1) is 16.7. The lowest BCUT2D eigenvalue weighted by molar-refractivity contribution is 0.549. The molecule has 21 heavy (non-hydrogen) atoms. The van der Waals surface area contributed by atoms with Crippen molar-refractivity contribution in [3.63, 3.8) is 0 Å². The molecule has 0 bridgehead atoms. The highest BCUT2D eigenvalue weighted by Crippen LogP contribution is 2.30. The summed E-state index contributed by atoms with van der Waals surface area (Å²) in [5.41, 5.74) is 2.23. The standard InChI is InChI=1S/C15H19Cl2N3S/c1-4-18-13(15-14(9(2)3)19-20-21-15)8-10-5-6-11(16)12(17)7-10/h5-7,9,13,18H,4,8H2,1-3H3. The van der Waals surface area contributed by atoms with Gasteiger partial charge in [-0.1, -0.05) is 54.5 Å². The number of likely N-dealkylation sites (N-methyl/N-ethyl adjacent to an activating group) is 1. The predicted molar refractivity (Wildman–Crippen MR) is 90.6 cm³/mol. The van der Waals surface area contributed by atoms with E-state index in [1.54, 1.807) is 0 Å². The lowest BCUT2D eigenvalue weighted by atomic mass is 10.00. The summed E-state index contributed by atoms with van der Waals surface area (Å²) in [6.45, 7) is 7.28. The Bertz CT molecular complexity index is 598. The molecule has 1 unspecified atom stereocenters. The van der Waals surface area contributed by atoms with Crippen LogP contribution in [0.25, 0.3) is 0 Å². The fourth-order valence-electron chi connectivity index (χ4n) is 2.25. The molecule has 0 aliphatic heterocycles. The van der Waals surface area contributed by atoms with E-state index in [9.17, 15) is 0 Å². The number of rotatable bonds is 6. The number of benzene rings is 1. The Morgan fingerprint density at radius 3 is 2.62 bits per heavy atom. The van der Waals surface area contributed by atoms with Crippen molar-refractivity contribution in [3.05, 3.63) is 44.4 Å². The molecule has 0 amide bonds. The van der Waals surface area contributed by atoms with Crippen LogP contribution in [0.2, 0.25) is 10.0 Å². The Hall–Kier alpha value is -0.680. The Labute approximate surface area is 139 Å². The van der Waals surface area contributed by atoms with Crippen LogP contribution in [-0.4, -0.2) is 16.1 Å². The molecule has 0 aliphatic rings. The van der Waals surface area contributed by atoms with E-state index < -0.39 is 0 Å². The minimum Gasteiger partial charge on any atom is -0.309 e. The maximum absolute atomic E-state index is 6.11. The second-order valence-corrected chi connectivity index (χ2v) is 6.84. The second-order valence-electron chi connectivity index (χ2n) is 5.24. The van der Waals surface area contributed by atoms with E-state index in [0.717, 1.165) is 24.2 Å². The van der Waals surface area contributed by atoms with Crippen LogP contribution in [0.4, 0.5) is 0 Å². The first-order valence-corrected chi connectivity index (χ1v) is 8.55. The van der Waals surface area contributed by atoms with Gasteiger partial charge in [0.15, 0.2) is 0 Å². The average molecular weight is 344 g/mol. The van der Waals surface area contributed by atoms with E-state index in [1.165, 1.54) is 16.4 Å². The van der Waals surface area contributed by atoms with Gasteiger partial charge in [-0.2, -0.15) is 0 Å². The molecule has 0 fully saturated rings. The third-order valence-electron chi connectivity index (χ3n) is 3.28. The van der Waals surface area contributed by atoms with Gasteiger partial charge in [0.1, 0.15) is 0 Å². The number of aromatic nitrogens is 2. The van der Waals surface area contributed by atoms with E-state index in [2.05, 4.69) is 35.7 Å². The molecule has 0 spiro atoms. The molecule has 1 aromatic heterocycles. The summed E-state index contributed by atoms with van der Waals surface area (Å²) < 4.78 is 4.12. The van der Waals surface area contributed by atoms with Crippen LogP contribution in [0, 0.1) is 0 Å². The maximum Gasteiger partial charge on any atom is 0.0829 e. The normalized spacial score (nSPS) is 12.9. The molecular formula is C15H19Cl2N3S. The fourth-order valence-corrected chi connectivity index (χ4v) is 3.45. The van der Waals surface area contributed by atoms with Crippen LogP contribution in [0.1, 0.15) is 48.9 Å². The smallest absolute Gasteiger partial charge is 0.0829 e.